The third kappa shape index (κ3) is 4.80. The fourth-order valence-electron chi connectivity index (χ4n) is 3.00. The van der Waals surface area contributed by atoms with E-state index in [2.05, 4.69) is 15.3 Å². The number of rotatable bonds is 5. The molecule has 1 amide bonds. The van der Waals surface area contributed by atoms with Crippen LogP contribution in [0.3, 0.4) is 0 Å². The van der Waals surface area contributed by atoms with E-state index >= 15 is 0 Å². The molecule has 28 heavy (non-hydrogen) atoms. The highest BCUT2D eigenvalue weighted by Gasteiger charge is 2.36. The van der Waals surface area contributed by atoms with Crippen LogP contribution in [0.2, 0.25) is 5.02 Å². The van der Waals surface area contributed by atoms with Gasteiger partial charge in [0.15, 0.2) is 0 Å². The molecule has 0 aliphatic carbocycles. The summed E-state index contributed by atoms with van der Waals surface area (Å²) in [5, 5.41) is 11.6. The van der Waals surface area contributed by atoms with Gasteiger partial charge in [0.05, 0.1) is 17.1 Å². The lowest BCUT2D eigenvalue weighted by Crippen LogP contribution is -2.48. The lowest BCUT2D eigenvalue weighted by atomic mass is 9.92. The predicted octanol–water partition coefficient (Wildman–Crippen LogP) is 2.87. The summed E-state index contributed by atoms with van der Waals surface area (Å²) < 4.78 is 28.2. The first-order chi connectivity index (χ1) is 13.4. The number of hydrogen-bond donors (Lipinski definition) is 1. The van der Waals surface area contributed by atoms with Gasteiger partial charge in [0.1, 0.15) is 23.4 Å². The molecule has 0 spiro atoms. The fourth-order valence-corrected chi connectivity index (χ4v) is 3.18. The summed E-state index contributed by atoms with van der Waals surface area (Å²) in [6.07, 6.45) is 3.21. The molecule has 1 aromatic carbocycles. The number of halogens is 3. The van der Waals surface area contributed by atoms with Crippen molar-refractivity contribution >= 4 is 17.5 Å². The number of carbonyl (C=O) groups is 1. The van der Waals surface area contributed by atoms with E-state index in [0.717, 1.165) is 6.07 Å². The normalized spacial score (nSPS) is 15.9. The summed E-state index contributed by atoms with van der Waals surface area (Å²) in [7, 11) is 0. The van der Waals surface area contributed by atoms with E-state index in [1.807, 2.05) is 6.07 Å². The highest BCUT2D eigenvalue weighted by Crippen LogP contribution is 2.27. The van der Waals surface area contributed by atoms with Crippen LogP contribution in [0.15, 0.2) is 30.6 Å². The van der Waals surface area contributed by atoms with Crippen LogP contribution < -0.4 is 5.32 Å². The maximum atomic E-state index is 15.0. The van der Waals surface area contributed by atoms with Crippen LogP contribution >= 0.6 is 11.6 Å². The lowest BCUT2D eigenvalue weighted by Gasteiger charge is -2.36. The fraction of sp³-hybridized carbons (Fsp3) is 0.368. The number of aromatic nitrogens is 2. The van der Waals surface area contributed by atoms with E-state index in [4.69, 9.17) is 16.9 Å². The van der Waals surface area contributed by atoms with Crippen LogP contribution in [0.1, 0.15) is 34.6 Å². The van der Waals surface area contributed by atoms with E-state index in [-0.39, 0.29) is 55.5 Å². The van der Waals surface area contributed by atoms with Gasteiger partial charge in [0.25, 0.3) is 5.91 Å². The maximum absolute atomic E-state index is 15.0. The molecule has 1 aliphatic rings. The van der Waals surface area contributed by atoms with E-state index < -0.39 is 11.5 Å². The third-order valence-corrected chi connectivity index (χ3v) is 4.96. The molecule has 6 nitrogen and oxygen atoms in total. The van der Waals surface area contributed by atoms with Crippen molar-refractivity contribution in [2.45, 2.75) is 25.1 Å². The zero-order chi connectivity index (χ0) is 20.1. The van der Waals surface area contributed by atoms with Crippen molar-refractivity contribution in [2.24, 2.45) is 0 Å². The minimum atomic E-state index is -1.44. The highest BCUT2D eigenvalue weighted by molar-refractivity contribution is 6.31. The summed E-state index contributed by atoms with van der Waals surface area (Å²) >= 11 is 5.73. The molecule has 2 heterocycles. The molecule has 9 heteroatoms. The van der Waals surface area contributed by atoms with Crippen LogP contribution in [0.4, 0.5) is 8.78 Å². The average molecular weight is 406 g/mol. The SMILES string of the molecule is N#Cc1cnc(CNCC2(F)CCN(C(=O)c3ccc(F)c(Cl)c3)CC2)nc1. The first-order valence-corrected chi connectivity index (χ1v) is 9.13. The number of piperidine rings is 1. The average Bonchev–Trinajstić information content (AvgIpc) is 2.70. The van der Waals surface area contributed by atoms with Crippen molar-refractivity contribution in [1.82, 2.24) is 20.2 Å². The monoisotopic (exact) mass is 405 g/mol. The zero-order valence-corrected chi connectivity index (χ0v) is 15.7. The molecule has 1 saturated heterocycles. The van der Waals surface area contributed by atoms with Gasteiger partial charge in [-0.15, -0.1) is 0 Å². The van der Waals surface area contributed by atoms with Gasteiger partial charge in [-0.3, -0.25) is 4.79 Å². The van der Waals surface area contributed by atoms with Crippen molar-refractivity contribution < 1.29 is 13.6 Å². The molecular formula is C19H18ClF2N5O. The Labute approximate surface area is 166 Å². The molecule has 0 radical (unpaired) electrons. The van der Waals surface area contributed by atoms with Gasteiger partial charge in [-0.1, -0.05) is 11.6 Å². The zero-order valence-electron chi connectivity index (χ0n) is 15.0. The molecule has 3 rings (SSSR count). The van der Waals surface area contributed by atoms with Crippen LogP contribution in [-0.4, -0.2) is 46.1 Å². The molecule has 1 aromatic heterocycles. The topological polar surface area (TPSA) is 81.9 Å². The molecule has 2 aromatic rings. The van der Waals surface area contributed by atoms with Gasteiger partial charge in [-0.2, -0.15) is 5.26 Å². The Kier molecular flexibility index (Phi) is 6.17. The van der Waals surface area contributed by atoms with Crippen LogP contribution in [-0.2, 0) is 6.54 Å². The molecule has 0 atom stereocenters. The third-order valence-electron chi connectivity index (χ3n) is 4.67. The van der Waals surface area contributed by atoms with Crippen LogP contribution in [0.5, 0.6) is 0 Å². The largest absolute Gasteiger partial charge is 0.338 e. The minimum Gasteiger partial charge on any atom is -0.338 e. The summed E-state index contributed by atoms with van der Waals surface area (Å²) in [6.45, 7) is 0.924. The Morgan fingerprint density at radius 3 is 2.61 bits per heavy atom. The summed E-state index contributed by atoms with van der Waals surface area (Å²) in [6, 6.07) is 5.74. The predicted molar refractivity (Wildman–Crippen MR) is 98.8 cm³/mol. The number of nitrogens with one attached hydrogen (secondary N) is 1. The first kappa shape index (κ1) is 20.1. The van der Waals surface area contributed by atoms with Gasteiger partial charge in [0, 0.05) is 50.4 Å². The van der Waals surface area contributed by atoms with Gasteiger partial charge in [-0.05, 0) is 18.2 Å². The summed E-state index contributed by atoms with van der Waals surface area (Å²) in [5.41, 5.74) is -0.789. The lowest BCUT2D eigenvalue weighted by molar-refractivity contribution is 0.0434. The van der Waals surface area contributed by atoms with Crippen molar-refractivity contribution in [2.75, 3.05) is 19.6 Å². The number of nitriles is 1. The summed E-state index contributed by atoms with van der Waals surface area (Å²) in [4.78, 5) is 22.1. The van der Waals surface area contributed by atoms with Gasteiger partial charge < -0.3 is 10.2 Å². The van der Waals surface area contributed by atoms with E-state index in [0.29, 0.717) is 11.4 Å². The van der Waals surface area contributed by atoms with E-state index in [9.17, 15) is 13.6 Å². The Morgan fingerprint density at radius 1 is 1.32 bits per heavy atom. The standard InChI is InChI=1S/C19H18ClF2N5O/c20-15-7-14(1-2-16(15)21)18(28)27-5-3-19(22,4-6-27)12-24-11-17-25-9-13(8-23)10-26-17/h1-2,7,9-10,24H,3-6,11-12H2. The molecule has 0 unspecified atom stereocenters. The number of hydrogen-bond acceptors (Lipinski definition) is 5. The number of likely N-dealkylation sites (tertiary alicyclic amines) is 1. The molecule has 0 saturated carbocycles. The summed E-state index contributed by atoms with van der Waals surface area (Å²) in [5.74, 6) is -0.400. The second-order valence-corrected chi connectivity index (χ2v) is 7.08. The minimum absolute atomic E-state index is 0.112. The van der Waals surface area contributed by atoms with Gasteiger partial charge >= 0.3 is 0 Å². The number of carbonyl (C=O) groups excluding carboxylic acids is 1. The molecule has 1 aliphatic heterocycles. The van der Waals surface area contributed by atoms with Crippen LogP contribution in [0.25, 0.3) is 0 Å². The Morgan fingerprint density at radius 2 is 2.00 bits per heavy atom. The van der Waals surface area contributed by atoms with E-state index in [1.165, 1.54) is 24.5 Å². The first-order valence-electron chi connectivity index (χ1n) is 8.75. The Hall–Kier alpha value is -2.63. The molecule has 1 fully saturated rings. The van der Waals surface area contributed by atoms with Crippen molar-refractivity contribution in [3.8, 4) is 6.07 Å². The molecular weight excluding hydrogens is 388 g/mol. The Balaban J connectivity index is 1.49. The second kappa shape index (κ2) is 8.59. The molecule has 1 N–H and O–H groups in total. The number of alkyl halides is 1. The van der Waals surface area contributed by atoms with Crippen molar-refractivity contribution in [3.63, 3.8) is 0 Å². The number of nitrogens with zero attached hydrogens (tertiary/aromatic N) is 4. The van der Waals surface area contributed by atoms with E-state index in [1.54, 1.807) is 4.90 Å². The van der Waals surface area contributed by atoms with Gasteiger partial charge in [0.2, 0.25) is 0 Å². The number of benzene rings is 1. The molecule has 0 bridgehead atoms. The highest BCUT2D eigenvalue weighted by atomic mass is 35.5. The quantitative estimate of drug-likeness (QED) is 0.827. The smallest absolute Gasteiger partial charge is 0.253 e. The van der Waals surface area contributed by atoms with Crippen molar-refractivity contribution in [3.05, 3.63) is 58.4 Å². The van der Waals surface area contributed by atoms with Gasteiger partial charge in [-0.25, -0.2) is 18.7 Å². The number of amides is 1. The van der Waals surface area contributed by atoms with Crippen LogP contribution in [0, 0.1) is 17.1 Å². The molecule has 146 valence electrons. The second-order valence-electron chi connectivity index (χ2n) is 6.68. The Bertz CT molecular complexity index is 892. The maximum Gasteiger partial charge on any atom is 0.253 e. The van der Waals surface area contributed by atoms with Crippen molar-refractivity contribution in [1.29, 1.82) is 5.26 Å².